The zero-order chi connectivity index (χ0) is 20.4. The number of hydrogen-bond donors (Lipinski definition) is 0. The molecule has 2 heterocycles. The summed E-state index contributed by atoms with van der Waals surface area (Å²) >= 11 is 0.767. The number of hydrogen-bond acceptors (Lipinski definition) is 5. The summed E-state index contributed by atoms with van der Waals surface area (Å²) in [6.45, 7) is 5.06. The number of imide groups is 1. The first-order valence-electron chi connectivity index (χ1n) is 8.68. The quantitative estimate of drug-likeness (QED) is 0.562. The Labute approximate surface area is 166 Å². The molecule has 1 aromatic heterocycles. The molecule has 6 nitrogen and oxygen atoms in total. The van der Waals surface area contributed by atoms with E-state index in [0.29, 0.717) is 11.3 Å². The molecular formula is C20H19FN2O4S. The summed E-state index contributed by atoms with van der Waals surface area (Å²) in [7, 11) is 0. The van der Waals surface area contributed by atoms with Crippen LogP contribution in [-0.4, -0.2) is 39.7 Å². The van der Waals surface area contributed by atoms with E-state index in [-0.39, 0.29) is 17.3 Å². The zero-order valence-corrected chi connectivity index (χ0v) is 16.5. The molecule has 0 atom stereocenters. The number of carbonyl (C=O) groups excluding carboxylic acids is 3. The van der Waals surface area contributed by atoms with E-state index < -0.39 is 23.7 Å². The number of amides is 2. The van der Waals surface area contributed by atoms with Crippen molar-refractivity contribution < 1.29 is 23.5 Å². The highest BCUT2D eigenvalue weighted by molar-refractivity contribution is 8.18. The van der Waals surface area contributed by atoms with E-state index in [4.69, 9.17) is 4.74 Å². The predicted molar refractivity (Wildman–Crippen MR) is 105 cm³/mol. The molecule has 0 saturated carbocycles. The summed E-state index contributed by atoms with van der Waals surface area (Å²) < 4.78 is 20.8. The molecule has 0 radical (unpaired) electrons. The Morgan fingerprint density at radius 3 is 2.64 bits per heavy atom. The number of rotatable bonds is 5. The minimum atomic E-state index is -0.635. The number of aryl methyl sites for hydroxylation is 1. The number of para-hydroxylation sites is 1. The maximum absolute atomic E-state index is 14.2. The minimum absolute atomic E-state index is 0.174. The van der Waals surface area contributed by atoms with Gasteiger partial charge in [-0.2, -0.15) is 0 Å². The maximum atomic E-state index is 14.2. The molecule has 146 valence electrons. The van der Waals surface area contributed by atoms with Gasteiger partial charge in [0.05, 0.1) is 17.2 Å². The third-order valence-electron chi connectivity index (χ3n) is 4.32. The first-order chi connectivity index (χ1) is 13.3. The lowest BCUT2D eigenvalue weighted by molar-refractivity contribution is -0.145. The number of nitrogens with zero attached hydrogens (tertiary/aromatic N) is 2. The van der Waals surface area contributed by atoms with Gasteiger partial charge in [-0.15, -0.1) is 0 Å². The summed E-state index contributed by atoms with van der Waals surface area (Å²) in [4.78, 5) is 37.3. The van der Waals surface area contributed by atoms with Gasteiger partial charge >= 0.3 is 5.97 Å². The number of thioether (sulfide) groups is 1. The van der Waals surface area contributed by atoms with E-state index >= 15 is 0 Å². The third kappa shape index (κ3) is 3.73. The predicted octanol–water partition coefficient (Wildman–Crippen LogP) is 3.83. The smallest absolute Gasteiger partial charge is 0.326 e. The number of benzene rings is 1. The fraction of sp³-hybridized carbons (Fsp3) is 0.250. The van der Waals surface area contributed by atoms with E-state index in [1.807, 2.05) is 19.9 Å². The highest BCUT2D eigenvalue weighted by Crippen LogP contribution is 2.33. The van der Waals surface area contributed by atoms with Crippen molar-refractivity contribution in [3.63, 3.8) is 0 Å². The molecule has 1 fully saturated rings. The molecule has 1 aromatic carbocycles. The Morgan fingerprint density at radius 1 is 1.25 bits per heavy atom. The van der Waals surface area contributed by atoms with Crippen molar-refractivity contribution >= 4 is 35.0 Å². The molecule has 3 rings (SSSR count). The number of halogens is 1. The van der Waals surface area contributed by atoms with Gasteiger partial charge in [-0.3, -0.25) is 19.3 Å². The molecule has 0 bridgehead atoms. The number of ether oxygens (including phenoxy) is 1. The van der Waals surface area contributed by atoms with Crippen LogP contribution in [0.5, 0.6) is 0 Å². The van der Waals surface area contributed by atoms with Gasteiger partial charge < -0.3 is 9.30 Å². The molecule has 1 aliphatic rings. The van der Waals surface area contributed by atoms with Crippen LogP contribution in [0.15, 0.2) is 35.2 Å². The van der Waals surface area contributed by atoms with Crippen LogP contribution in [-0.2, 0) is 14.3 Å². The molecule has 28 heavy (non-hydrogen) atoms. The zero-order valence-electron chi connectivity index (χ0n) is 15.7. The lowest BCUT2D eigenvalue weighted by Crippen LogP contribution is -2.34. The average molecular weight is 402 g/mol. The van der Waals surface area contributed by atoms with Gasteiger partial charge in [0.15, 0.2) is 0 Å². The SMILES string of the molecule is CCOC(=O)CN1C(=O)S/C(=C/c2cc(C)n(-c3ccccc3F)c2C)C1=O. The second kappa shape index (κ2) is 8.02. The highest BCUT2D eigenvalue weighted by Gasteiger charge is 2.36. The van der Waals surface area contributed by atoms with Crippen LogP contribution in [0.4, 0.5) is 9.18 Å². The van der Waals surface area contributed by atoms with Crippen molar-refractivity contribution in [2.45, 2.75) is 20.8 Å². The fourth-order valence-corrected chi connectivity index (χ4v) is 3.88. The summed E-state index contributed by atoms with van der Waals surface area (Å²) in [6.07, 6.45) is 1.59. The first-order valence-corrected chi connectivity index (χ1v) is 9.50. The Hall–Kier alpha value is -2.87. The molecule has 1 saturated heterocycles. The highest BCUT2D eigenvalue weighted by atomic mass is 32.2. The molecular weight excluding hydrogens is 383 g/mol. The van der Waals surface area contributed by atoms with Crippen molar-refractivity contribution in [2.75, 3.05) is 13.2 Å². The molecule has 0 aliphatic carbocycles. The van der Waals surface area contributed by atoms with Gasteiger partial charge in [0.25, 0.3) is 11.1 Å². The second-order valence-electron chi connectivity index (χ2n) is 6.19. The Morgan fingerprint density at radius 2 is 1.96 bits per heavy atom. The Kier molecular flexibility index (Phi) is 5.69. The third-order valence-corrected chi connectivity index (χ3v) is 5.22. The van der Waals surface area contributed by atoms with Crippen LogP contribution in [0.1, 0.15) is 23.9 Å². The van der Waals surface area contributed by atoms with Crippen molar-refractivity contribution in [1.82, 2.24) is 9.47 Å². The Balaban J connectivity index is 1.92. The van der Waals surface area contributed by atoms with Crippen LogP contribution in [0.2, 0.25) is 0 Å². The fourth-order valence-electron chi connectivity index (χ4n) is 3.05. The normalized spacial score (nSPS) is 15.6. The van der Waals surface area contributed by atoms with Gasteiger partial charge in [-0.05, 0) is 62.4 Å². The van der Waals surface area contributed by atoms with Gasteiger partial charge in [-0.25, -0.2) is 4.39 Å². The maximum Gasteiger partial charge on any atom is 0.326 e. The summed E-state index contributed by atoms with van der Waals surface area (Å²) in [5, 5.41) is -0.521. The Bertz CT molecular complexity index is 996. The summed E-state index contributed by atoms with van der Waals surface area (Å²) in [5.41, 5.74) is 2.63. The van der Waals surface area contributed by atoms with E-state index in [1.54, 1.807) is 35.8 Å². The standard InChI is InChI=1S/C20H19FN2O4S/c1-4-27-18(24)11-22-19(25)17(28-20(22)26)10-14-9-12(2)23(13(14)3)16-8-6-5-7-15(16)21/h5-10H,4,11H2,1-3H3/b17-10+. The van der Waals surface area contributed by atoms with Crippen LogP contribution < -0.4 is 0 Å². The first kappa shape index (κ1) is 19.9. The van der Waals surface area contributed by atoms with Crippen molar-refractivity contribution in [3.8, 4) is 5.69 Å². The van der Waals surface area contributed by atoms with Crippen molar-refractivity contribution in [1.29, 1.82) is 0 Å². The molecule has 8 heteroatoms. The average Bonchev–Trinajstić information content (AvgIpc) is 3.06. The number of aromatic nitrogens is 1. The molecule has 1 aliphatic heterocycles. The van der Waals surface area contributed by atoms with Crippen LogP contribution >= 0.6 is 11.8 Å². The van der Waals surface area contributed by atoms with E-state index in [9.17, 15) is 18.8 Å². The van der Waals surface area contributed by atoms with Crippen LogP contribution in [0.3, 0.4) is 0 Å². The van der Waals surface area contributed by atoms with Crippen LogP contribution in [0.25, 0.3) is 11.8 Å². The van der Waals surface area contributed by atoms with Crippen LogP contribution in [0, 0.1) is 19.7 Å². The minimum Gasteiger partial charge on any atom is -0.465 e. The lowest BCUT2D eigenvalue weighted by atomic mass is 10.2. The van der Waals surface area contributed by atoms with Gasteiger partial charge in [0.2, 0.25) is 0 Å². The monoisotopic (exact) mass is 402 g/mol. The second-order valence-corrected chi connectivity index (χ2v) is 7.18. The summed E-state index contributed by atoms with van der Waals surface area (Å²) in [5.74, 6) is -1.53. The number of esters is 1. The molecule has 2 amide bonds. The largest absolute Gasteiger partial charge is 0.465 e. The summed E-state index contributed by atoms with van der Waals surface area (Å²) in [6, 6.07) is 8.24. The topological polar surface area (TPSA) is 68.6 Å². The van der Waals surface area contributed by atoms with E-state index in [2.05, 4.69) is 0 Å². The lowest BCUT2D eigenvalue weighted by Gasteiger charge is -2.11. The molecule has 0 spiro atoms. The van der Waals surface area contributed by atoms with Gasteiger partial charge in [-0.1, -0.05) is 12.1 Å². The van der Waals surface area contributed by atoms with Gasteiger partial charge in [0, 0.05) is 11.4 Å². The van der Waals surface area contributed by atoms with E-state index in [0.717, 1.165) is 28.0 Å². The van der Waals surface area contributed by atoms with E-state index in [1.165, 1.54) is 6.07 Å². The van der Waals surface area contributed by atoms with Crippen molar-refractivity contribution in [3.05, 3.63) is 58.0 Å². The van der Waals surface area contributed by atoms with Gasteiger partial charge in [0.1, 0.15) is 12.4 Å². The van der Waals surface area contributed by atoms with Crippen molar-refractivity contribution in [2.24, 2.45) is 0 Å². The molecule has 2 aromatic rings. The molecule has 0 unspecified atom stereocenters. The molecule has 0 N–H and O–H groups in total. The number of carbonyl (C=O) groups is 3.